The average Bonchev–Trinajstić information content (AvgIpc) is 3.27. The van der Waals surface area contributed by atoms with Gasteiger partial charge >= 0.3 is 0 Å². The highest BCUT2D eigenvalue weighted by atomic mass is 16.3. The predicted molar refractivity (Wildman–Crippen MR) is 86.0 cm³/mol. The van der Waals surface area contributed by atoms with Gasteiger partial charge in [-0.05, 0) is 31.9 Å². The Morgan fingerprint density at radius 2 is 1.91 bits per heavy atom. The molecule has 23 heavy (non-hydrogen) atoms. The Labute approximate surface area is 136 Å². The van der Waals surface area contributed by atoms with Gasteiger partial charge in [0.2, 0.25) is 5.91 Å². The quantitative estimate of drug-likeness (QED) is 0.913. The molecule has 1 aromatic heterocycles. The van der Waals surface area contributed by atoms with Crippen LogP contribution in [0.25, 0.3) is 0 Å². The highest BCUT2D eigenvalue weighted by Crippen LogP contribution is 2.18. The van der Waals surface area contributed by atoms with Gasteiger partial charge in [-0.25, -0.2) is 0 Å². The molecule has 1 N–H and O–H groups in total. The van der Waals surface area contributed by atoms with E-state index in [4.69, 9.17) is 4.42 Å². The molecule has 0 radical (unpaired) electrons. The molecule has 0 bridgehead atoms. The van der Waals surface area contributed by atoms with E-state index in [1.165, 1.54) is 19.1 Å². The van der Waals surface area contributed by atoms with E-state index < -0.39 is 0 Å². The van der Waals surface area contributed by atoms with Crippen LogP contribution in [0.3, 0.4) is 0 Å². The van der Waals surface area contributed by atoms with Crippen LogP contribution >= 0.6 is 0 Å². The molecule has 0 unspecified atom stereocenters. The van der Waals surface area contributed by atoms with Crippen molar-refractivity contribution < 1.29 is 14.0 Å². The van der Waals surface area contributed by atoms with Crippen LogP contribution in [0.1, 0.15) is 43.2 Å². The summed E-state index contributed by atoms with van der Waals surface area (Å²) in [5, 5.41) is 3.16. The zero-order chi connectivity index (χ0) is 16.2. The summed E-state index contributed by atoms with van der Waals surface area (Å²) >= 11 is 0. The molecule has 2 heterocycles. The van der Waals surface area contributed by atoms with Crippen molar-refractivity contribution in [2.45, 2.75) is 44.7 Å². The Morgan fingerprint density at radius 3 is 2.52 bits per heavy atom. The van der Waals surface area contributed by atoms with Crippen molar-refractivity contribution in [3.63, 3.8) is 0 Å². The van der Waals surface area contributed by atoms with Gasteiger partial charge in [-0.1, -0.05) is 12.8 Å². The first-order valence-electron chi connectivity index (χ1n) is 8.52. The second-order valence-corrected chi connectivity index (χ2v) is 6.47. The number of hydrogen-bond acceptors (Lipinski definition) is 4. The van der Waals surface area contributed by atoms with E-state index in [1.807, 2.05) is 6.92 Å². The van der Waals surface area contributed by atoms with Crippen LogP contribution in [-0.2, 0) is 4.79 Å². The lowest BCUT2D eigenvalue weighted by molar-refractivity contribution is -0.127. The molecule has 1 aliphatic heterocycles. The van der Waals surface area contributed by atoms with Gasteiger partial charge in [0.1, 0.15) is 0 Å². The van der Waals surface area contributed by atoms with Gasteiger partial charge in [0, 0.05) is 32.2 Å². The second-order valence-electron chi connectivity index (χ2n) is 6.47. The Bertz CT molecular complexity index is 529. The third kappa shape index (κ3) is 3.75. The number of carbonyl (C=O) groups is 2. The topological polar surface area (TPSA) is 65.8 Å². The standard InChI is InChI=1S/C17H25N3O3/c1-13(16(21)18-14-5-2-3-6-14)19-8-10-20(11-9-19)17(22)15-7-4-12-23-15/h4,7,12-14H,2-3,5-6,8-11H2,1H3,(H,18,21)/t13-/m0/s1. The zero-order valence-corrected chi connectivity index (χ0v) is 13.7. The van der Waals surface area contributed by atoms with Crippen molar-refractivity contribution in [2.24, 2.45) is 0 Å². The van der Waals surface area contributed by atoms with Gasteiger partial charge in [-0.15, -0.1) is 0 Å². The molecule has 126 valence electrons. The van der Waals surface area contributed by atoms with Crippen LogP contribution in [0, 0.1) is 0 Å². The first-order valence-corrected chi connectivity index (χ1v) is 8.52. The minimum atomic E-state index is -0.142. The van der Waals surface area contributed by atoms with E-state index in [9.17, 15) is 9.59 Å². The number of rotatable bonds is 4. The third-order valence-electron chi connectivity index (χ3n) is 4.96. The predicted octanol–water partition coefficient (Wildman–Crippen LogP) is 1.48. The van der Waals surface area contributed by atoms with Gasteiger partial charge < -0.3 is 14.6 Å². The number of furan rings is 1. The largest absolute Gasteiger partial charge is 0.459 e. The third-order valence-corrected chi connectivity index (χ3v) is 4.96. The summed E-state index contributed by atoms with van der Waals surface area (Å²) in [6.45, 7) is 4.63. The summed E-state index contributed by atoms with van der Waals surface area (Å²) in [5.41, 5.74) is 0. The summed E-state index contributed by atoms with van der Waals surface area (Å²) in [6.07, 6.45) is 6.15. The lowest BCUT2D eigenvalue weighted by Crippen LogP contribution is -2.55. The average molecular weight is 319 g/mol. The van der Waals surface area contributed by atoms with Crippen LogP contribution in [0.5, 0.6) is 0 Å². The Balaban J connectivity index is 1.48. The highest BCUT2D eigenvalue weighted by Gasteiger charge is 2.29. The van der Waals surface area contributed by atoms with Gasteiger partial charge in [0.25, 0.3) is 5.91 Å². The lowest BCUT2D eigenvalue weighted by Gasteiger charge is -2.37. The van der Waals surface area contributed by atoms with E-state index in [2.05, 4.69) is 10.2 Å². The van der Waals surface area contributed by atoms with Gasteiger partial charge in [-0.2, -0.15) is 0 Å². The van der Waals surface area contributed by atoms with Crippen molar-refractivity contribution >= 4 is 11.8 Å². The minimum Gasteiger partial charge on any atom is -0.459 e. The van der Waals surface area contributed by atoms with Crippen molar-refractivity contribution in [1.82, 2.24) is 15.1 Å². The Morgan fingerprint density at radius 1 is 1.22 bits per heavy atom. The number of carbonyl (C=O) groups excluding carboxylic acids is 2. The van der Waals surface area contributed by atoms with Gasteiger partial charge in [-0.3, -0.25) is 14.5 Å². The first-order chi connectivity index (χ1) is 11.1. The molecule has 1 saturated carbocycles. The second kappa shape index (κ2) is 7.17. The van der Waals surface area contributed by atoms with E-state index in [0.717, 1.165) is 12.8 Å². The summed E-state index contributed by atoms with van der Waals surface area (Å²) in [5.74, 6) is 0.422. The van der Waals surface area contributed by atoms with Gasteiger partial charge in [0.05, 0.1) is 12.3 Å². The zero-order valence-electron chi connectivity index (χ0n) is 13.7. The number of nitrogens with zero attached hydrogens (tertiary/aromatic N) is 2. The van der Waals surface area contributed by atoms with Gasteiger partial charge in [0.15, 0.2) is 5.76 Å². The van der Waals surface area contributed by atoms with E-state index >= 15 is 0 Å². The molecule has 2 amide bonds. The summed E-state index contributed by atoms with van der Waals surface area (Å²) in [4.78, 5) is 28.5. The fraction of sp³-hybridized carbons (Fsp3) is 0.647. The first kappa shape index (κ1) is 16.1. The maximum atomic E-state index is 12.4. The maximum absolute atomic E-state index is 12.4. The number of hydrogen-bond donors (Lipinski definition) is 1. The van der Waals surface area contributed by atoms with Crippen molar-refractivity contribution in [2.75, 3.05) is 26.2 Å². The van der Waals surface area contributed by atoms with Crippen molar-refractivity contribution in [1.29, 1.82) is 0 Å². The molecule has 0 spiro atoms. The van der Waals surface area contributed by atoms with Crippen LogP contribution in [0.4, 0.5) is 0 Å². The van der Waals surface area contributed by atoms with Crippen molar-refractivity contribution in [3.8, 4) is 0 Å². The van der Waals surface area contributed by atoms with Crippen LogP contribution < -0.4 is 5.32 Å². The molecule has 1 aromatic rings. The Kier molecular flexibility index (Phi) is 5.00. The molecule has 1 saturated heterocycles. The summed E-state index contributed by atoms with van der Waals surface area (Å²) < 4.78 is 5.17. The Hall–Kier alpha value is -1.82. The highest BCUT2D eigenvalue weighted by molar-refractivity contribution is 5.91. The van der Waals surface area contributed by atoms with Crippen molar-refractivity contribution in [3.05, 3.63) is 24.2 Å². The van der Waals surface area contributed by atoms with E-state index in [0.29, 0.717) is 38.0 Å². The molecular formula is C17H25N3O3. The number of amides is 2. The smallest absolute Gasteiger partial charge is 0.289 e. The molecule has 2 fully saturated rings. The maximum Gasteiger partial charge on any atom is 0.289 e. The molecule has 6 nitrogen and oxygen atoms in total. The van der Waals surface area contributed by atoms with E-state index in [-0.39, 0.29) is 17.9 Å². The fourth-order valence-electron chi connectivity index (χ4n) is 3.43. The SMILES string of the molecule is C[C@@H](C(=O)NC1CCCC1)N1CCN(C(=O)c2ccco2)CC1. The molecule has 0 aromatic carbocycles. The normalized spacial score (nSPS) is 21.3. The van der Waals surface area contributed by atoms with Crippen LogP contribution in [-0.4, -0.2) is 59.9 Å². The molecule has 2 aliphatic rings. The van der Waals surface area contributed by atoms with Crippen LogP contribution in [0.15, 0.2) is 22.8 Å². The monoisotopic (exact) mass is 319 g/mol. The summed E-state index contributed by atoms with van der Waals surface area (Å²) in [6, 6.07) is 3.62. The number of piperazine rings is 1. The molecule has 3 rings (SSSR count). The minimum absolute atomic E-state index is 0.0716. The number of nitrogens with one attached hydrogen (secondary N) is 1. The van der Waals surface area contributed by atoms with E-state index in [1.54, 1.807) is 17.0 Å². The molecule has 1 aliphatic carbocycles. The summed E-state index contributed by atoms with van der Waals surface area (Å²) in [7, 11) is 0. The lowest BCUT2D eigenvalue weighted by atomic mass is 10.2. The fourth-order valence-corrected chi connectivity index (χ4v) is 3.43. The molecule has 6 heteroatoms. The molecule has 1 atom stereocenters. The van der Waals surface area contributed by atoms with Crippen LogP contribution in [0.2, 0.25) is 0 Å². The molecular weight excluding hydrogens is 294 g/mol.